The molecule has 0 aliphatic rings. The van der Waals surface area contributed by atoms with Crippen molar-refractivity contribution in [3.05, 3.63) is 18.0 Å². The van der Waals surface area contributed by atoms with E-state index in [2.05, 4.69) is 25.1 Å². The molecule has 74 valence electrons. The van der Waals surface area contributed by atoms with Crippen LogP contribution in [0.15, 0.2) is 12.4 Å². The Labute approximate surface area is 79.9 Å². The molecule has 0 atom stereocenters. The molecule has 0 aliphatic carbocycles. The Kier molecular flexibility index (Phi) is 3.09. The summed E-state index contributed by atoms with van der Waals surface area (Å²) in [7, 11) is 1.94. The molecule has 0 bridgehead atoms. The van der Waals surface area contributed by atoms with Crippen LogP contribution in [0.2, 0.25) is 0 Å². The summed E-state index contributed by atoms with van der Waals surface area (Å²) in [5.74, 6) is 0. The summed E-state index contributed by atoms with van der Waals surface area (Å²) in [5, 5.41) is 4.13. The molecule has 3 heteroatoms. The first kappa shape index (κ1) is 10.3. The van der Waals surface area contributed by atoms with Crippen molar-refractivity contribution in [1.82, 2.24) is 9.78 Å². The molecule has 0 fully saturated rings. The van der Waals surface area contributed by atoms with Gasteiger partial charge >= 0.3 is 0 Å². The Morgan fingerprint density at radius 3 is 2.69 bits per heavy atom. The fourth-order valence-corrected chi connectivity index (χ4v) is 1.19. The number of aromatic nitrogens is 2. The van der Waals surface area contributed by atoms with Crippen molar-refractivity contribution in [3.63, 3.8) is 0 Å². The topological polar surface area (TPSA) is 43.8 Å². The molecule has 0 aromatic carbocycles. The molecule has 1 heterocycles. The molecule has 0 saturated carbocycles. The maximum Gasteiger partial charge on any atom is 0.0521 e. The highest BCUT2D eigenvalue weighted by molar-refractivity contribution is 5.04. The van der Waals surface area contributed by atoms with Gasteiger partial charge in [-0.2, -0.15) is 5.10 Å². The van der Waals surface area contributed by atoms with Gasteiger partial charge in [-0.25, -0.2) is 0 Å². The van der Waals surface area contributed by atoms with Crippen LogP contribution < -0.4 is 5.73 Å². The van der Waals surface area contributed by atoms with Gasteiger partial charge in [-0.05, 0) is 30.4 Å². The molecule has 0 saturated heterocycles. The number of aryl methyl sites for hydroxylation is 2. The first-order valence-corrected chi connectivity index (χ1v) is 4.71. The van der Waals surface area contributed by atoms with Crippen LogP contribution in [-0.4, -0.2) is 16.3 Å². The molecule has 0 amide bonds. The Morgan fingerprint density at radius 1 is 1.54 bits per heavy atom. The lowest BCUT2D eigenvalue weighted by molar-refractivity contribution is 0.348. The van der Waals surface area contributed by atoms with Crippen LogP contribution in [0.3, 0.4) is 0 Å². The molecule has 0 spiro atoms. The van der Waals surface area contributed by atoms with Crippen molar-refractivity contribution < 1.29 is 0 Å². The molecule has 2 N–H and O–H groups in total. The number of hydrogen-bond donors (Lipinski definition) is 1. The van der Waals surface area contributed by atoms with Gasteiger partial charge in [0.1, 0.15) is 0 Å². The van der Waals surface area contributed by atoms with Crippen LogP contribution in [0.4, 0.5) is 0 Å². The lowest BCUT2D eigenvalue weighted by Gasteiger charge is -2.21. The second-order valence-electron chi connectivity index (χ2n) is 4.39. The van der Waals surface area contributed by atoms with E-state index in [-0.39, 0.29) is 5.41 Å². The average Bonchev–Trinajstić information content (AvgIpc) is 2.48. The van der Waals surface area contributed by atoms with Crippen LogP contribution in [-0.2, 0) is 13.5 Å². The second kappa shape index (κ2) is 3.92. The van der Waals surface area contributed by atoms with Gasteiger partial charge < -0.3 is 5.73 Å². The maximum atomic E-state index is 5.65. The summed E-state index contributed by atoms with van der Waals surface area (Å²) in [6, 6.07) is 0. The molecule has 0 unspecified atom stereocenters. The van der Waals surface area contributed by atoms with Crippen LogP contribution in [0.25, 0.3) is 0 Å². The van der Waals surface area contributed by atoms with Gasteiger partial charge in [0.2, 0.25) is 0 Å². The zero-order valence-electron chi connectivity index (χ0n) is 8.75. The lowest BCUT2D eigenvalue weighted by Crippen LogP contribution is -2.23. The van der Waals surface area contributed by atoms with Gasteiger partial charge in [0.25, 0.3) is 0 Å². The lowest BCUT2D eigenvalue weighted by atomic mass is 9.87. The molecule has 0 aliphatic heterocycles. The van der Waals surface area contributed by atoms with Crippen LogP contribution in [0.5, 0.6) is 0 Å². The van der Waals surface area contributed by atoms with Gasteiger partial charge in [-0.15, -0.1) is 0 Å². The monoisotopic (exact) mass is 181 g/mol. The van der Waals surface area contributed by atoms with Gasteiger partial charge in [0.05, 0.1) is 6.20 Å². The van der Waals surface area contributed by atoms with E-state index < -0.39 is 0 Å². The van der Waals surface area contributed by atoms with Gasteiger partial charge in [-0.1, -0.05) is 13.8 Å². The molecule has 1 aromatic rings. The largest absolute Gasteiger partial charge is 0.330 e. The molecular weight excluding hydrogens is 162 g/mol. The SMILES string of the molecule is Cn1cc(CCC(C)(C)CN)cn1. The summed E-state index contributed by atoms with van der Waals surface area (Å²) in [6.07, 6.45) is 6.17. The van der Waals surface area contributed by atoms with Crippen molar-refractivity contribution in [3.8, 4) is 0 Å². The Hall–Kier alpha value is -0.830. The van der Waals surface area contributed by atoms with E-state index >= 15 is 0 Å². The predicted octanol–water partition coefficient (Wildman–Crippen LogP) is 1.34. The number of nitrogens with two attached hydrogens (primary N) is 1. The average molecular weight is 181 g/mol. The molecule has 13 heavy (non-hydrogen) atoms. The standard InChI is InChI=1S/C10H19N3/c1-10(2,8-11)5-4-9-6-12-13(3)7-9/h6-7H,4-5,8,11H2,1-3H3. The molecule has 1 aromatic heterocycles. The highest BCUT2D eigenvalue weighted by Gasteiger charge is 2.15. The van der Waals surface area contributed by atoms with Crippen molar-refractivity contribution in [2.75, 3.05) is 6.54 Å². The second-order valence-corrected chi connectivity index (χ2v) is 4.39. The normalized spacial score (nSPS) is 12.0. The predicted molar refractivity (Wildman–Crippen MR) is 54.4 cm³/mol. The third-order valence-corrected chi connectivity index (χ3v) is 2.40. The van der Waals surface area contributed by atoms with Crippen molar-refractivity contribution in [2.45, 2.75) is 26.7 Å². The van der Waals surface area contributed by atoms with Crippen molar-refractivity contribution in [2.24, 2.45) is 18.2 Å². The van der Waals surface area contributed by atoms with E-state index in [9.17, 15) is 0 Å². The van der Waals surface area contributed by atoms with Gasteiger partial charge in [0, 0.05) is 13.2 Å². The minimum atomic E-state index is 0.246. The van der Waals surface area contributed by atoms with Gasteiger partial charge in [0.15, 0.2) is 0 Å². The van der Waals surface area contributed by atoms with Crippen molar-refractivity contribution >= 4 is 0 Å². The van der Waals surface area contributed by atoms with E-state index in [1.165, 1.54) is 5.56 Å². The fraction of sp³-hybridized carbons (Fsp3) is 0.700. The Morgan fingerprint density at radius 2 is 2.23 bits per heavy atom. The van der Waals surface area contributed by atoms with Crippen LogP contribution in [0, 0.1) is 5.41 Å². The van der Waals surface area contributed by atoms with E-state index in [4.69, 9.17) is 5.73 Å². The minimum Gasteiger partial charge on any atom is -0.330 e. The van der Waals surface area contributed by atoms with Crippen molar-refractivity contribution in [1.29, 1.82) is 0 Å². The van der Waals surface area contributed by atoms with E-state index in [0.29, 0.717) is 0 Å². The summed E-state index contributed by atoms with van der Waals surface area (Å²) in [5.41, 5.74) is 7.20. The molecule has 1 rings (SSSR count). The number of hydrogen-bond acceptors (Lipinski definition) is 2. The van der Waals surface area contributed by atoms with Crippen LogP contribution in [0.1, 0.15) is 25.8 Å². The van der Waals surface area contributed by atoms with E-state index in [0.717, 1.165) is 19.4 Å². The fourth-order valence-electron chi connectivity index (χ4n) is 1.19. The van der Waals surface area contributed by atoms with E-state index in [1.807, 2.05) is 17.9 Å². The zero-order valence-corrected chi connectivity index (χ0v) is 8.75. The Balaban J connectivity index is 2.43. The Bertz CT molecular complexity index is 263. The minimum absolute atomic E-state index is 0.246. The zero-order chi connectivity index (χ0) is 9.90. The highest BCUT2D eigenvalue weighted by Crippen LogP contribution is 2.20. The van der Waals surface area contributed by atoms with E-state index in [1.54, 1.807) is 0 Å². The molecule has 3 nitrogen and oxygen atoms in total. The molecule has 0 radical (unpaired) electrons. The summed E-state index contributed by atoms with van der Waals surface area (Å²) in [6.45, 7) is 5.14. The number of nitrogens with zero attached hydrogens (tertiary/aromatic N) is 2. The summed E-state index contributed by atoms with van der Waals surface area (Å²) < 4.78 is 1.84. The third-order valence-electron chi connectivity index (χ3n) is 2.40. The maximum absolute atomic E-state index is 5.65. The summed E-state index contributed by atoms with van der Waals surface area (Å²) in [4.78, 5) is 0. The highest BCUT2D eigenvalue weighted by atomic mass is 15.2. The quantitative estimate of drug-likeness (QED) is 0.761. The third kappa shape index (κ3) is 3.19. The first-order chi connectivity index (χ1) is 6.03. The van der Waals surface area contributed by atoms with Gasteiger partial charge in [-0.3, -0.25) is 4.68 Å². The van der Waals surface area contributed by atoms with Crippen LogP contribution >= 0.6 is 0 Å². The smallest absolute Gasteiger partial charge is 0.0521 e. The summed E-state index contributed by atoms with van der Waals surface area (Å²) >= 11 is 0. The first-order valence-electron chi connectivity index (χ1n) is 4.71. The number of rotatable bonds is 4. The molecular formula is C10H19N3.